The molecular formula is C13H21BrN2S. The van der Waals surface area contributed by atoms with E-state index in [0.29, 0.717) is 12.1 Å². The van der Waals surface area contributed by atoms with E-state index in [9.17, 15) is 0 Å². The lowest BCUT2D eigenvalue weighted by Gasteiger charge is -2.34. The van der Waals surface area contributed by atoms with Crippen LogP contribution in [0.4, 0.5) is 0 Å². The fourth-order valence-electron chi connectivity index (χ4n) is 2.84. The van der Waals surface area contributed by atoms with Crippen molar-refractivity contribution in [2.24, 2.45) is 11.7 Å². The van der Waals surface area contributed by atoms with E-state index in [1.807, 2.05) is 11.3 Å². The van der Waals surface area contributed by atoms with Crippen LogP contribution < -0.4 is 5.73 Å². The van der Waals surface area contributed by atoms with Gasteiger partial charge < -0.3 is 5.73 Å². The zero-order valence-electron chi connectivity index (χ0n) is 10.5. The summed E-state index contributed by atoms with van der Waals surface area (Å²) in [6, 6.07) is 5.44. The minimum Gasteiger partial charge on any atom is -0.329 e. The standard InChI is InChI=1S/C13H21BrN2S/c1-9(2)10-4-3-7-16(10)11(8-15)12-5-6-13(14)17-12/h5-6,9-11H,3-4,7-8,15H2,1-2H3. The highest BCUT2D eigenvalue weighted by Gasteiger charge is 2.33. The van der Waals surface area contributed by atoms with Crippen molar-refractivity contribution in [1.82, 2.24) is 4.90 Å². The molecule has 0 radical (unpaired) electrons. The van der Waals surface area contributed by atoms with Gasteiger partial charge in [0.1, 0.15) is 0 Å². The quantitative estimate of drug-likeness (QED) is 0.919. The Hall–Kier alpha value is 0.1000. The molecule has 0 bridgehead atoms. The van der Waals surface area contributed by atoms with Crippen molar-refractivity contribution in [2.75, 3.05) is 13.1 Å². The number of hydrogen-bond acceptors (Lipinski definition) is 3. The zero-order chi connectivity index (χ0) is 12.4. The molecule has 96 valence electrons. The third-order valence-corrected chi connectivity index (χ3v) is 5.38. The smallest absolute Gasteiger partial charge is 0.0702 e. The van der Waals surface area contributed by atoms with Gasteiger partial charge in [-0.1, -0.05) is 13.8 Å². The third kappa shape index (κ3) is 2.92. The lowest BCUT2D eigenvalue weighted by Crippen LogP contribution is -2.39. The Kier molecular flexibility index (Phi) is 4.64. The summed E-state index contributed by atoms with van der Waals surface area (Å²) >= 11 is 5.36. The number of thiophene rings is 1. The normalized spacial score (nSPS) is 23.5. The summed E-state index contributed by atoms with van der Waals surface area (Å²) in [5, 5.41) is 0. The molecule has 2 unspecified atom stereocenters. The molecule has 2 rings (SSSR count). The molecule has 2 atom stereocenters. The molecule has 0 aliphatic carbocycles. The van der Waals surface area contributed by atoms with Gasteiger partial charge in [-0.05, 0) is 53.4 Å². The van der Waals surface area contributed by atoms with Gasteiger partial charge in [-0.2, -0.15) is 0 Å². The van der Waals surface area contributed by atoms with Crippen LogP contribution in [0.1, 0.15) is 37.6 Å². The molecule has 0 aromatic carbocycles. The van der Waals surface area contributed by atoms with Gasteiger partial charge in [0.2, 0.25) is 0 Å². The van der Waals surface area contributed by atoms with E-state index < -0.39 is 0 Å². The highest BCUT2D eigenvalue weighted by atomic mass is 79.9. The average Bonchev–Trinajstić information content (AvgIpc) is 2.89. The maximum absolute atomic E-state index is 6.01. The van der Waals surface area contributed by atoms with Crippen LogP contribution in [0.25, 0.3) is 0 Å². The Bertz CT molecular complexity index is 364. The Morgan fingerprint density at radius 2 is 2.29 bits per heavy atom. The van der Waals surface area contributed by atoms with Crippen LogP contribution in [-0.4, -0.2) is 24.0 Å². The molecule has 0 saturated carbocycles. The summed E-state index contributed by atoms with van der Waals surface area (Å²) in [4.78, 5) is 4.01. The van der Waals surface area contributed by atoms with Crippen LogP contribution in [-0.2, 0) is 0 Å². The maximum atomic E-state index is 6.01. The van der Waals surface area contributed by atoms with E-state index in [2.05, 4.69) is 46.8 Å². The molecule has 2 nitrogen and oxygen atoms in total. The monoisotopic (exact) mass is 316 g/mol. The highest BCUT2D eigenvalue weighted by molar-refractivity contribution is 9.11. The summed E-state index contributed by atoms with van der Waals surface area (Å²) in [5.41, 5.74) is 6.01. The molecule has 1 saturated heterocycles. The van der Waals surface area contributed by atoms with Gasteiger partial charge in [-0.15, -0.1) is 11.3 Å². The van der Waals surface area contributed by atoms with Crippen LogP contribution in [0.15, 0.2) is 15.9 Å². The second kappa shape index (κ2) is 5.83. The van der Waals surface area contributed by atoms with Crippen molar-refractivity contribution in [3.63, 3.8) is 0 Å². The number of rotatable bonds is 4. The summed E-state index contributed by atoms with van der Waals surface area (Å²) in [5.74, 6) is 0.718. The Labute approximate surface area is 116 Å². The van der Waals surface area contributed by atoms with E-state index in [0.717, 1.165) is 12.5 Å². The number of nitrogens with zero attached hydrogens (tertiary/aromatic N) is 1. The highest BCUT2D eigenvalue weighted by Crippen LogP contribution is 2.36. The Morgan fingerprint density at radius 1 is 1.53 bits per heavy atom. The minimum atomic E-state index is 0.404. The molecule has 2 N–H and O–H groups in total. The molecule has 1 aliphatic heterocycles. The van der Waals surface area contributed by atoms with Gasteiger partial charge in [0, 0.05) is 17.5 Å². The summed E-state index contributed by atoms with van der Waals surface area (Å²) in [6.45, 7) is 6.55. The molecule has 1 fully saturated rings. The summed E-state index contributed by atoms with van der Waals surface area (Å²) < 4.78 is 1.20. The predicted molar refractivity (Wildman–Crippen MR) is 78.4 cm³/mol. The van der Waals surface area contributed by atoms with Gasteiger partial charge in [0.05, 0.1) is 9.83 Å². The van der Waals surface area contributed by atoms with Crippen LogP contribution in [0, 0.1) is 5.92 Å². The van der Waals surface area contributed by atoms with Crippen LogP contribution in [0.5, 0.6) is 0 Å². The van der Waals surface area contributed by atoms with Crippen molar-refractivity contribution >= 4 is 27.3 Å². The number of likely N-dealkylation sites (tertiary alicyclic amines) is 1. The first-order chi connectivity index (χ1) is 8.13. The number of nitrogens with two attached hydrogens (primary N) is 1. The van der Waals surface area contributed by atoms with Gasteiger partial charge in [-0.3, -0.25) is 4.90 Å². The van der Waals surface area contributed by atoms with Crippen molar-refractivity contribution in [1.29, 1.82) is 0 Å². The summed E-state index contributed by atoms with van der Waals surface area (Å²) in [7, 11) is 0. The first kappa shape index (κ1) is 13.5. The largest absolute Gasteiger partial charge is 0.329 e. The van der Waals surface area contributed by atoms with Crippen molar-refractivity contribution in [3.8, 4) is 0 Å². The van der Waals surface area contributed by atoms with E-state index >= 15 is 0 Å². The number of hydrogen-bond donors (Lipinski definition) is 1. The van der Waals surface area contributed by atoms with Crippen molar-refractivity contribution < 1.29 is 0 Å². The molecule has 1 aromatic rings. The van der Waals surface area contributed by atoms with Gasteiger partial charge >= 0.3 is 0 Å². The first-order valence-corrected chi connectivity index (χ1v) is 7.95. The first-order valence-electron chi connectivity index (χ1n) is 6.34. The van der Waals surface area contributed by atoms with Crippen molar-refractivity contribution in [2.45, 2.75) is 38.8 Å². The second-order valence-electron chi connectivity index (χ2n) is 5.08. The van der Waals surface area contributed by atoms with E-state index in [1.54, 1.807) is 0 Å². The van der Waals surface area contributed by atoms with Gasteiger partial charge in [0.25, 0.3) is 0 Å². The third-order valence-electron chi connectivity index (χ3n) is 3.66. The van der Waals surface area contributed by atoms with Crippen LogP contribution >= 0.6 is 27.3 Å². The Balaban J connectivity index is 2.18. The van der Waals surface area contributed by atoms with E-state index in [-0.39, 0.29) is 0 Å². The molecule has 17 heavy (non-hydrogen) atoms. The SMILES string of the molecule is CC(C)C1CCCN1C(CN)c1ccc(Br)s1. The minimum absolute atomic E-state index is 0.404. The Morgan fingerprint density at radius 3 is 2.82 bits per heavy atom. The molecule has 1 aliphatic rings. The molecule has 4 heteroatoms. The van der Waals surface area contributed by atoms with Crippen molar-refractivity contribution in [3.05, 3.63) is 20.8 Å². The van der Waals surface area contributed by atoms with Crippen LogP contribution in [0.2, 0.25) is 0 Å². The predicted octanol–water partition coefficient (Wildman–Crippen LogP) is 3.63. The van der Waals surface area contributed by atoms with E-state index in [1.165, 1.54) is 28.0 Å². The van der Waals surface area contributed by atoms with Crippen LogP contribution in [0.3, 0.4) is 0 Å². The molecule has 2 heterocycles. The summed E-state index contributed by atoms with van der Waals surface area (Å²) in [6.07, 6.45) is 2.63. The lowest BCUT2D eigenvalue weighted by atomic mass is 10.0. The lowest BCUT2D eigenvalue weighted by molar-refractivity contribution is 0.151. The van der Waals surface area contributed by atoms with Gasteiger partial charge in [0.15, 0.2) is 0 Å². The molecular weight excluding hydrogens is 296 g/mol. The average molecular weight is 317 g/mol. The second-order valence-corrected chi connectivity index (χ2v) is 7.58. The fraction of sp³-hybridized carbons (Fsp3) is 0.692. The molecule has 0 amide bonds. The number of halogens is 1. The molecule has 0 spiro atoms. The topological polar surface area (TPSA) is 29.3 Å². The van der Waals surface area contributed by atoms with Gasteiger partial charge in [-0.25, -0.2) is 0 Å². The molecule has 1 aromatic heterocycles. The zero-order valence-corrected chi connectivity index (χ0v) is 12.9. The maximum Gasteiger partial charge on any atom is 0.0702 e. The fourth-order valence-corrected chi connectivity index (χ4v) is 4.40. The van der Waals surface area contributed by atoms with E-state index in [4.69, 9.17) is 5.73 Å².